The van der Waals surface area contributed by atoms with Crippen molar-refractivity contribution in [2.24, 2.45) is 4.99 Å². The van der Waals surface area contributed by atoms with Crippen LogP contribution in [0.2, 0.25) is 0 Å². The van der Waals surface area contributed by atoms with Gasteiger partial charge in [-0.05, 0) is 30.9 Å². The largest absolute Gasteiger partial charge is 0.356 e. The second-order valence-corrected chi connectivity index (χ2v) is 6.67. The molecule has 0 bridgehead atoms. The second kappa shape index (κ2) is 10.7. The highest BCUT2D eigenvalue weighted by molar-refractivity contribution is 14.0. The SMILES string of the molecule is CCc1ccc(CCNC(=NC)N(C)Cc2csc(C)n2)cc1.I. The number of nitrogens with zero attached hydrogens (tertiary/aromatic N) is 3. The number of halogens is 1. The van der Waals surface area contributed by atoms with Gasteiger partial charge in [0.05, 0.1) is 17.2 Å². The molecule has 24 heavy (non-hydrogen) atoms. The van der Waals surface area contributed by atoms with Gasteiger partial charge < -0.3 is 10.2 Å². The zero-order valence-corrected chi connectivity index (χ0v) is 18.0. The maximum Gasteiger partial charge on any atom is 0.193 e. The van der Waals surface area contributed by atoms with E-state index in [-0.39, 0.29) is 24.0 Å². The number of aryl methyl sites for hydroxylation is 2. The first-order valence-corrected chi connectivity index (χ1v) is 8.91. The van der Waals surface area contributed by atoms with Crippen LogP contribution in [0.15, 0.2) is 34.6 Å². The Balaban J connectivity index is 0.00000288. The van der Waals surface area contributed by atoms with Crippen molar-refractivity contribution < 1.29 is 0 Å². The Morgan fingerprint density at radius 2 is 1.92 bits per heavy atom. The highest BCUT2D eigenvalue weighted by atomic mass is 127. The molecule has 0 radical (unpaired) electrons. The standard InChI is InChI=1S/C18H26N4S.HI/c1-5-15-6-8-16(9-7-15)10-11-20-18(19-3)22(4)12-17-13-23-14(2)21-17;/h6-9,13H,5,10-12H2,1-4H3,(H,19,20);1H. The third kappa shape index (κ3) is 6.39. The average Bonchev–Trinajstić information content (AvgIpc) is 2.97. The number of benzene rings is 1. The Morgan fingerprint density at radius 3 is 2.46 bits per heavy atom. The van der Waals surface area contributed by atoms with Gasteiger partial charge in [-0.3, -0.25) is 4.99 Å². The van der Waals surface area contributed by atoms with E-state index in [1.54, 1.807) is 11.3 Å². The number of aliphatic imine (C=N–C) groups is 1. The summed E-state index contributed by atoms with van der Waals surface area (Å²) in [5.41, 5.74) is 3.83. The van der Waals surface area contributed by atoms with E-state index in [1.165, 1.54) is 11.1 Å². The van der Waals surface area contributed by atoms with Crippen molar-refractivity contribution in [3.05, 3.63) is 51.5 Å². The molecule has 0 spiro atoms. The highest BCUT2D eigenvalue weighted by Gasteiger charge is 2.08. The van der Waals surface area contributed by atoms with Crippen molar-refractivity contribution in [1.82, 2.24) is 15.2 Å². The summed E-state index contributed by atoms with van der Waals surface area (Å²) in [6, 6.07) is 8.85. The summed E-state index contributed by atoms with van der Waals surface area (Å²) in [5, 5.41) is 6.63. The first-order valence-electron chi connectivity index (χ1n) is 8.03. The molecule has 4 nitrogen and oxygen atoms in total. The van der Waals surface area contributed by atoms with Crippen LogP contribution in [0, 0.1) is 6.92 Å². The summed E-state index contributed by atoms with van der Waals surface area (Å²) in [6.45, 7) is 5.86. The van der Waals surface area contributed by atoms with Gasteiger partial charge in [-0.1, -0.05) is 31.2 Å². The Morgan fingerprint density at radius 1 is 1.25 bits per heavy atom. The molecule has 0 aliphatic carbocycles. The van der Waals surface area contributed by atoms with Gasteiger partial charge in [0.25, 0.3) is 0 Å². The van der Waals surface area contributed by atoms with Crippen molar-refractivity contribution in [2.45, 2.75) is 33.2 Å². The molecule has 6 heteroatoms. The Hall–Kier alpha value is -1.15. The molecule has 0 aliphatic rings. The molecule has 0 saturated carbocycles. The van der Waals surface area contributed by atoms with Gasteiger partial charge in [0.1, 0.15) is 0 Å². The maximum absolute atomic E-state index is 4.51. The van der Waals surface area contributed by atoms with Crippen LogP contribution in [0.25, 0.3) is 0 Å². The molecule has 1 aromatic carbocycles. The van der Waals surface area contributed by atoms with E-state index in [4.69, 9.17) is 0 Å². The Kier molecular flexibility index (Phi) is 9.28. The second-order valence-electron chi connectivity index (χ2n) is 5.61. The first kappa shape index (κ1) is 20.9. The lowest BCUT2D eigenvalue weighted by Crippen LogP contribution is -2.39. The smallest absolute Gasteiger partial charge is 0.193 e. The van der Waals surface area contributed by atoms with Gasteiger partial charge in [0, 0.05) is 26.0 Å². The minimum absolute atomic E-state index is 0. The average molecular weight is 458 g/mol. The van der Waals surface area contributed by atoms with Crippen LogP contribution >= 0.6 is 35.3 Å². The fourth-order valence-electron chi connectivity index (χ4n) is 2.44. The van der Waals surface area contributed by atoms with E-state index in [0.29, 0.717) is 0 Å². The molecule has 0 aliphatic heterocycles. The lowest BCUT2D eigenvalue weighted by atomic mass is 10.1. The molecule has 2 rings (SSSR count). The minimum Gasteiger partial charge on any atom is -0.356 e. The molecule has 132 valence electrons. The summed E-state index contributed by atoms with van der Waals surface area (Å²) in [6.07, 6.45) is 2.08. The Labute approximate surface area is 166 Å². The molecule has 2 aromatic rings. The van der Waals surface area contributed by atoms with E-state index in [2.05, 4.69) is 56.8 Å². The number of hydrogen-bond donors (Lipinski definition) is 1. The molecule has 0 unspecified atom stereocenters. The molecule has 0 atom stereocenters. The van der Waals surface area contributed by atoms with Gasteiger partial charge in [-0.25, -0.2) is 4.98 Å². The third-order valence-corrected chi connectivity index (χ3v) is 4.59. The number of rotatable bonds is 6. The molecule has 1 aromatic heterocycles. The summed E-state index contributed by atoms with van der Waals surface area (Å²) in [4.78, 5) is 11.0. The quantitative estimate of drug-likeness (QED) is 0.406. The first-order chi connectivity index (χ1) is 11.1. The van der Waals surface area contributed by atoms with Crippen LogP contribution in [0.4, 0.5) is 0 Å². The monoisotopic (exact) mass is 458 g/mol. The zero-order valence-electron chi connectivity index (χ0n) is 14.9. The van der Waals surface area contributed by atoms with Crippen molar-refractivity contribution in [3.8, 4) is 0 Å². The molecule has 0 saturated heterocycles. The van der Waals surface area contributed by atoms with Crippen LogP contribution in [0.1, 0.15) is 28.8 Å². The molecule has 0 amide bonds. The van der Waals surface area contributed by atoms with E-state index < -0.39 is 0 Å². The molecule has 0 fully saturated rings. The van der Waals surface area contributed by atoms with Crippen molar-refractivity contribution in [3.63, 3.8) is 0 Å². The van der Waals surface area contributed by atoms with Gasteiger partial charge >= 0.3 is 0 Å². The number of nitrogens with one attached hydrogen (secondary N) is 1. The molecule has 1 heterocycles. The number of guanidine groups is 1. The van der Waals surface area contributed by atoms with Gasteiger partial charge in [-0.15, -0.1) is 35.3 Å². The number of thiazole rings is 1. The van der Waals surface area contributed by atoms with E-state index in [1.807, 2.05) is 21.0 Å². The van der Waals surface area contributed by atoms with E-state index >= 15 is 0 Å². The molecular formula is C18H27IN4S. The van der Waals surface area contributed by atoms with Crippen molar-refractivity contribution in [2.75, 3.05) is 20.6 Å². The van der Waals surface area contributed by atoms with Crippen LogP contribution in [-0.4, -0.2) is 36.5 Å². The lowest BCUT2D eigenvalue weighted by molar-refractivity contribution is 0.471. The van der Waals surface area contributed by atoms with Gasteiger partial charge in [0.15, 0.2) is 5.96 Å². The van der Waals surface area contributed by atoms with Crippen LogP contribution in [0.3, 0.4) is 0 Å². The normalized spacial score (nSPS) is 11.1. The highest BCUT2D eigenvalue weighted by Crippen LogP contribution is 2.10. The summed E-state index contributed by atoms with van der Waals surface area (Å²) in [5.74, 6) is 0.904. The maximum atomic E-state index is 4.51. The topological polar surface area (TPSA) is 40.5 Å². The van der Waals surface area contributed by atoms with Crippen LogP contribution in [0.5, 0.6) is 0 Å². The minimum atomic E-state index is 0. The fourth-order valence-corrected chi connectivity index (χ4v) is 3.05. The number of hydrogen-bond acceptors (Lipinski definition) is 3. The zero-order chi connectivity index (χ0) is 16.7. The summed E-state index contributed by atoms with van der Waals surface area (Å²) < 4.78 is 0. The van der Waals surface area contributed by atoms with E-state index in [9.17, 15) is 0 Å². The summed E-state index contributed by atoms with van der Waals surface area (Å²) in [7, 11) is 3.86. The van der Waals surface area contributed by atoms with Crippen molar-refractivity contribution in [1.29, 1.82) is 0 Å². The molecular weight excluding hydrogens is 431 g/mol. The van der Waals surface area contributed by atoms with Gasteiger partial charge in [-0.2, -0.15) is 0 Å². The van der Waals surface area contributed by atoms with Crippen molar-refractivity contribution >= 4 is 41.3 Å². The predicted molar refractivity (Wildman–Crippen MR) is 115 cm³/mol. The van der Waals surface area contributed by atoms with Crippen LogP contribution in [-0.2, 0) is 19.4 Å². The van der Waals surface area contributed by atoms with Gasteiger partial charge in [0.2, 0.25) is 0 Å². The number of aromatic nitrogens is 1. The Bertz CT molecular complexity index is 637. The summed E-state index contributed by atoms with van der Waals surface area (Å²) >= 11 is 1.69. The fraction of sp³-hybridized carbons (Fsp3) is 0.444. The lowest BCUT2D eigenvalue weighted by Gasteiger charge is -2.21. The van der Waals surface area contributed by atoms with Crippen LogP contribution < -0.4 is 5.32 Å². The third-order valence-electron chi connectivity index (χ3n) is 3.77. The van der Waals surface area contributed by atoms with E-state index in [0.717, 1.165) is 42.6 Å². The predicted octanol–water partition coefficient (Wildman–Crippen LogP) is 3.88. The molecule has 1 N–H and O–H groups in total.